The van der Waals surface area contributed by atoms with Crippen LogP contribution >= 0.6 is 12.6 Å². The molecule has 0 bridgehead atoms. The maximum Gasteiger partial charge on any atom is 0.0929 e. The molecule has 1 heterocycles. The minimum atomic E-state index is 0. The van der Waals surface area contributed by atoms with E-state index in [4.69, 9.17) is 0 Å². The fraction of sp³-hybridized carbons (Fsp3) is 0. The van der Waals surface area contributed by atoms with Crippen LogP contribution in [0, 0.1) is 0 Å². The van der Waals surface area contributed by atoms with Crippen LogP contribution in [0.25, 0.3) is 0 Å². The van der Waals surface area contributed by atoms with Gasteiger partial charge in [0.15, 0.2) is 0 Å². The number of pyridine rings is 1. The molecule has 0 fully saturated rings. The van der Waals surface area contributed by atoms with Gasteiger partial charge in [-0.2, -0.15) is 0 Å². The van der Waals surface area contributed by atoms with Crippen molar-refractivity contribution in [2.24, 2.45) is 0 Å². The number of nitrogens with zero attached hydrogens (tertiary/aromatic N) is 1. The summed E-state index contributed by atoms with van der Waals surface area (Å²) in [4.78, 5) is 3.84. The topological polar surface area (TPSA) is 12.9 Å². The Morgan fingerprint density at radius 2 is 2.12 bits per heavy atom. The van der Waals surface area contributed by atoms with Gasteiger partial charge in [0.1, 0.15) is 0 Å². The predicted octanol–water partition coefficient (Wildman–Crippen LogP) is 0.989. The molecule has 1 rings (SSSR count). The minimum absolute atomic E-state index is 0. The number of rotatable bonds is 0. The summed E-state index contributed by atoms with van der Waals surface area (Å²) >= 11 is 3.97. The van der Waals surface area contributed by atoms with Gasteiger partial charge in [0, 0.05) is 30.1 Å². The Labute approximate surface area is 70.9 Å². The Kier molecular flexibility index (Phi) is 4.36. The van der Waals surface area contributed by atoms with Gasteiger partial charge in [-0.25, -0.2) is 0 Å². The predicted molar refractivity (Wildman–Crippen MR) is 37.2 cm³/mol. The maximum atomic E-state index is 3.97. The second-order valence-electron chi connectivity index (χ2n) is 1.19. The quantitative estimate of drug-likeness (QED) is 0.517. The first-order valence-electron chi connectivity index (χ1n) is 1.99. The molecule has 0 unspecified atom stereocenters. The van der Waals surface area contributed by atoms with Gasteiger partial charge in [-0.1, -0.05) is 6.07 Å². The van der Waals surface area contributed by atoms with Crippen LogP contribution in [0.15, 0.2) is 29.4 Å². The molecule has 0 spiro atoms. The molecule has 1 nitrogen and oxygen atoms in total. The van der Waals surface area contributed by atoms with Crippen LogP contribution in [0.4, 0.5) is 0 Å². The van der Waals surface area contributed by atoms with Crippen LogP contribution in [0.3, 0.4) is 0 Å². The van der Waals surface area contributed by atoms with Gasteiger partial charge in [-0.3, -0.25) is 4.98 Å². The van der Waals surface area contributed by atoms with Crippen molar-refractivity contribution >= 4 is 36.5 Å². The zero-order valence-electron chi connectivity index (χ0n) is 4.20. The van der Waals surface area contributed by atoms with Gasteiger partial charge in [-0.05, 0) is 12.1 Å². The average Bonchev–Trinajstić information content (AvgIpc) is 1.69. The Morgan fingerprint density at radius 3 is 2.38 bits per heavy atom. The van der Waals surface area contributed by atoms with Crippen molar-refractivity contribution in [1.29, 1.82) is 0 Å². The molecule has 40 valence electrons. The molecule has 3 heteroatoms. The van der Waals surface area contributed by atoms with Crippen LogP contribution < -0.4 is 0 Å². The molecule has 0 aliphatic carbocycles. The number of thiol groups is 1. The van der Waals surface area contributed by atoms with Gasteiger partial charge in [0.05, 0.1) is 5.03 Å². The standard InChI is InChI=1S/C5H5NS.Sn/c7-5-3-1-2-4-6-5;/h1-4H,(H,6,7);. The van der Waals surface area contributed by atoms with E-state index in [2.05, 4.69) is 17.6 Å². The van der Waals surface area contributed by atoms with Crippen LogP contribution in [0.1, 0.15) is 0 Å². The summed E-state index contributed by atoms with van der Waals surface area (Å²) in [5, 5.41) is 0.766. The van der Waals surface area contributed by atoms with E-state index in [1.807, 2.05) is 18.2 Å². The second-order valence-corrected chi connectivity index (χ2v) is 1.65. The molecule has 0 atom stereocenters. The van der Waals surface area contributed by atoms with E-state index < -0.39 is 0 Å². The summed E-state index contributed by atoms with van der Waals surface area (Å²) in [6, 6.07) is 5.60. The van der Waals surface area contributed by atoms with E-state index in [9.17, 15) is 0 Å². The Bertz CT molecular complexity index is 142. The first-order valence-corrected chi connectivity index (χ1v) is 2.44. The molecule has 0 aliphatic heterocycles. The van der Waals surface area contributed by atoms with Gasteiger partial charge >= 0.3 is 0 Å². The third kappa shape index (κ3) is 2.57. The largest absolute Gasteiger partial charge is 0.250 e. The zero-order valence-corrected chi connectivity index (χ0v) is 7.95. The van der Waals surface area contributed by atoms with Crippen molar-refractivity contribution in [3.05, 3.63) is 24.4 Å². The summed E-state index contributed by atoms with van der Waals surface area (Å²) in [6.45, 7) is 0. The molecule has 0 amide bonds. The van der Waals surface area contributed by atoms with Crippen molar-refractivity contribution < 1.29 is 0 Å². The van der Waals surface area contributed by atoms with Crippen LogP contribution in [-0.4, -0.2) is 28.9 Å². The first kappa shape index (κ1) is 8.30. The summed E-state index contributed by atoms with van der Waals surface area (Å²) in [7, 11) is 0. The summed E-state index contributed by atoms with van der Waals surface area (Å²) in [5.41, 5.74) is 0. The fourth-order valence-corrected chi connectivity index (χ4v) is 0.506. The molecular formula is C5H5NSSn. The minimum Gasteiger partial charge on any atom is -0.250 e. The monoisotopic (exact) mass is 231 g/mol. The van der Waals surface area contributed by atoms with Crippen molar-refractivity contribution in [2.45, 2.75) is 5.03 Å². The van der Waals surface area contributed by atoms with E-state index in [0.717, 1.165) is 5.03 Å². The van der Waals surface area contributed by atoms with Crippen LogP contribution in [-0.2, 0) is 0 Å². The Morgan fingerprint density at radius 1 is 1.38 bits per heavy atom. The van der Waals surface area contributed by atoms with Gasteiger partial charge in [-0.15, -0.1) is 12.6 Å². The van der Waals surface area contributed by atoms with Gasteiger partial charge in [0.25, 0.3) is 0 Å². The first-order chi connectivity index (χ1) is 3.39. The van der Waals surface area contributed by atoms with E-state index in [1.54, 1.807) is 6.20 Å². The number of hydrogen-bond donors (Lipinski definition) is 1. The molecule has 1 aromatic heterocycles. The van der Waals surface area contributed by atoms with E-state index in [0.29, 0.717) is 0 Å². The molecule has 0 saturated heterocycles. The molecule has 0 aromatic carbocycles. The zero-order chi connectivity index (χ0) is 5.11. The molecule has 0 saturated carbocycles. The Balaban J connectivity index is 0.000000490. The smallest absolute Gasteiger partial charge is 0.0929 e. The molecule has 4 radical (unpaired) electrons. The van der Waals surface area contributed by atoms with Crippen LogP contribution in [0.5, 0.6) is 0 Å². The van der Waals surface area contributed by atoms with E-state index in [-0.39, 0.29) is 23.9 Å². The van der Waals surface area contributed by atoms with E-state index >= 15 is 0 Å². The summed E-state index contributed by atoms with van der Waals surface area (Å²) in [6.07, 6.45) is 1.71. The average molecular weight is 230 g/mol. The van der Waals surface area contributed by atoms with Gasteiger partial charge < -0.3 is 0 Å². The van der Waals surface area contributed by atoms with Crippen molar-refractivity contribution in [2.75, 3.05) is 0 Å². The molecule has 8 heavy (non-hydrogen) atoms. The summed E-state index contributed by atoms with van der Waals surface area (Å²) < 4.78 is 0. The van der Waals surface area contributed by atoms with Crippen molar-refractivity contribution in [1.82, 2.24) is 4.98 Å². The number of aromatic nitrogens is 1. The summed E-state index contributed by atoms with van der Waals surface area (Å²) in [5.74, 6) is 0. The SMILES string of the molecule is Sc1ccccn1.[Sn]. The Hall–Kier alpha value is 0.299. The fourth-order valence-electron chi connectivity index (χ4n) is 0.354. The number of hydrogen-bond acceptors (Lipinski definition) is 2. The third-order valence-corrected chi connectivity index (χ3v) is 0.914. The third-order valence-electron chi connectivity index (χ3n) is 0.649. The molecule has 0 aliphatic rings. The normalized spacial score (nSPS) is 7.62. The molecule has 0 N–H and O–H groups in total. The van der Waals surface area contributed by atoms with Crippen molar-refractivity contribution in [3.63, 3.8) is 0 Å². The second kappa shape index (κ2) is 4.20. The van der Waals surface area contributed by atoms with E-state index in [1.165, 1.54) is 0 Å². The molecule has 1 aromatic rings. The van der Waals surface area contributed by atoms with Crippen molar-refractivity contribution in [3.8, 4) is 0 Å². The molecular weight excluding hydrogens is 225 g/mol. The van der Waals surface area contributed by atoms with Gasteiger partial charge in [0.2, 0.25) is 0 Å². The van der Waals surface area contributed by atoms with Crippen LogP contribution in [0.2, 0.25) is 0 Å². The maximum absolute atomic E-state index is 3.97.